The SMILES string of the molecule is CC(C)(C)OC(=O)Nc1ccc(C(=O)N2CCCC(c3nnc4n3CCCCC4)C2)cc1. The van der Waals surface area contributed by atoms with Gasteiger partial charge in [0.2, 0.25) is 0 Å². The van der Waals surface area contributed by atoms with Gasteiger partial charge in [0.1, 0.15) is 17.2 Å². The molecule has 2 aromatic rings. The molecule has 1 unspecified atom stereocenters. The molecule has 1 aromatic carbocycles. The van der Waals surface area contributed by atoms with Gasteiger partial charge in [-0.25, -0.2) is 4.79 Å². The molecule has 8 nitrogen and oxygen atoms in total. The number of amides is 2. The van der Waals surface area contributed by atoms with E-state index in [1.165, 1.54) is 12.8 Å². The van der Waals surface area contributed by atoms with Gasteiger partial charge in [-0.3, -0.25) is 10.1 Å². The van der Waals surface area contributed by atoms with Crippen molar-refractivity contribution in [3.8, 4) is 0 Å². The average Bonchev–Trinajstić information content (AvgIpc) is 3.01. The number of aryl methyl sites for hydroxylation is 1. The summed E-state index contributed by atoms with van der Waals surface area (Å²) in [6.45, 7) is 7.84. The monoisotopic (exact) mass is 439 g/mol. The highest BCUT2D eigenvalue weighted by atomic mass is 16.6. The van der Waals surface area contributed by atoms with Crippen molar-refractivity contribution in [1.29, 1.82) is 0 Å². The number of hydrogen-bond acceptors (Lipinski definition) is 5. The van der Waals surface area contributed by atoms with Crippen molar-refractivity contribution in [3.05, 3.63) is 41.5 Å². The van der Waals surface area contributed by atoms with Gasteiger partial charge in [0.05, 0.1) is 0 Å². The molecule has 0 bridgehead atoms. The lowest BCUT2D eigenvalue weighted by Gasteiger charge is -2.32. The lowest BCUT2D eigenvalue weighted by atomic mass is 9.96. The van der Waals surface area contributed by atoms with Crippen LogP contribution in [0.4, 0.5) is 10.5 Å². The highest BCUT2D eigenvalue weighted by Gasteiger charge is 2.30. The van der Waals surface area contributed by atoms with Gasteiger partial charge in [0, 0.05) is 43.2 Å². The van der Waals surface area contributed by atoms with Gasteiger partial charge >= 0.3 is 6.09 Å². The Morgan fingerprint density at radius 1 is 1.03 bits per heavy atom. The lowest BCUT2D eigenvalue weighted by Crippen LogP contribution is -2.39. The van der Waals surface area contributed by atoms with Gasteiger partial charge < -0.3 is 14.2 Å². The van der Waals surface area contributed by atoms with Gasteiger partial charge in [-0.15, -0.1) is 10.2 Å². The number of piperidine rings is 1. The number of fused-ring (bicyclic) bond motifs is 1. The van der Waals surface area contributed by atoms with Gasteiger partial charge in [-0.1, -0.05) is 6.42 Å². The van der Waals surface area contributed by atoms with Crippen LogP contribution >= 0.6 is 0 Å². The maximum absolute atomic E-state index is 13.2. The standard InChI is InChI=1S/C24H33N5O3/c1-24(2,3)32-23(31)25-19-12-10-17(11-13-19)22(30)28-14-7-8-18(16-28)21-27-26-20-9-5-4-6-15-29(20)21/h10-13,18H,4-9,14-16H2,1-3H3,(H,25,31). The number of hydrogen-bond donors (Lipinski definition) is 1. The first-order valence-electron chi connectivity index (χ1n) is 11.6. The lowest BCUT2D eigenvalue weighted by molar-refractivity contribution is 0.0635. The van der Waals surface area contributed by atoms with E-state index in [-0.39, 0.29) is 11.8 Å². The summed E-state index contributed by atoms with van der Waals surface area (Å²) in [4.78, 5) is 27.0. The zero-order chi connectivity index (χ0) is 22.7. The number of rotatable bonds is 3. The second kappa shape index (κ2) is 9.30. The summed E-state index contributed by atoms with van der Waals surface area (Å²) in [5.74, 6) is 2.36. The Labute approximate surface area is 189 Å². The van der Waals surface area contributed by atoms with Crippen LogP contribution in [0.3, 0.4) is 0 Å². The van der Waals surface area contributed by atoms with Gasteiger partial charge in [-0.2, -0.15) is 0 Å². The van der Waals surface area contributed by atoms with E-state index in [2.05, 4.69) is 20.1 Å². The molecular weight excluding hydrogens is 406 g/mol. The van der Waals surface area contributed by atoms with E-state index < -0.39 is 11.7 Å². The van der Waals surface area contributed by atoms with Crippen LogP contribution < -0.4 is 5.32 Å². The van der Waals surface area contributed by atoms with Crippen molar-refractivity contribution in [2.45, 2.75) is 77.4 Å². The minimum Gasteiger partial charge on any atom is -0.444 e. The minimum atomic E-state index is -0.562. The third-order valence-electron chi connectivity index (χ3n) is 5.99. The molecule has 0 saturated carbocycles. The zero-order valence-corrected chi connectivity index (χ0v) is 19.3. The molecule has 8 heteroatoms. The zero-order valence-electron chi connectivity index (χ0n) is 19.3. The molecule has 0 aliphatic carbocycles. The predicted molar refractivity (Wildman–Crippen MR) is 122 cm³/mol. The topological polar surface area (TPSA) is 89.3 Å². The Morgan fingerprint density at radius 2 is 1.81 bits per heavy atom. The molecule has 0 spiro atoms. The van der Waals surface area contributed by atoms with Crippen LogP contribution in [0, 0.1) is 0 Å². The average molecular weight is 440 g/mol. The molecule has 0 radical (unpaired) electrons. The van der Waals surface area contributed by atoms with Crippen molar-refractivity contribution in [2.24, 2.45) is 0 Å². The second-order valence-corrected chi connectivity index (χ2v) is 9.73. The first-order chi connectivity index (χ1) is 15.3. The van der Waals surface area contributed by atoms with Crippen LogP contribution in [0.15, 0.2) is 24.3 Å². The Morgan fingerprint density at radius 3 is 2.56 bits per heavy atom. The number of nitrogens with zero attached hydrogens (tertiary/aromatic N) is 4. The Kier molecular flexibility index (Phi) is 6.48. The molecule has 1 fully saturated rings. The summed E-state index contributed by atoms with van der Waals surface area (Å²) in [5, 5.41) is 11.7. The molecule has 1 saturated heterocycles. The van der Waals surface area contributed by atoms with Crippen molar-refractivity contribution in [3.63, 3.8) is 0 Å². The third kappa shape index (κ3) is 5.29. The number of likely N-dealkylation sites (tertiary alicyclic amines) is 1. The van der Waals surface area contributed by atoms with Gasteiger partial charge in [0.15, 0.2) is 0 Å². The molecule has 32 heavy (non-hydrogen) atoms. The number of anilines is 1. The van der Waals surface area contributed by atoms with Gasteiger partial charge in [0.25, 0.3) is 5.91 Å². The molecular formula is C24H33N5O3. The summed E-state index contributed by atoms with van der Waals surface area (Å²) >= 11 is 0. The van der Waals surface area contributed by atoms with Crippen LogP contribution in [0.5, 0.6) is 0 Å². The molecule has 172 valence electrons. The van der Waals surface area contributed by atoms with E-state index in [1.54, 1.807) is 24.3 Å². The molecule has 4 rings (SSSR count). The number of benzene rings is 1. The molecule has 2 aliphatic rings. The van der Waals surface area contributed by atoms with E-state index in [9.17, 15) is 9.59 Å². The first kappa shape index (κ1) is 22.3. The molecule has 2 amide bonds. The summed E-state index contributed by atoms with van der Waals surface area (Å²) < 4.78 is 7.57. The van der Waals surface area contributed by atoms with E-state index in [4.69, 9.17) is 4.74 Å². The van der Waals surface area contributed by atoms with E-state index in [0.29, 0.717) is 17.8 Å². The second-order valence-electron chi connectivity index (χ2n) is 9.73. The van der Waals surface area contributed by atoms with Crippen LogP contribution in [-0.4, -0.2) is 50.4 Å². The van der Waals surface area contributed by atoms with Crippen LogP contribution in [0.25, 0.3) is 0 Å². The summed E-state index contributed by atoms with van der Waals surface area (Å²) in [7, 11) is 0. The maximum atomic E-state index is 13.2. The Bertz CT molecular complexity index is 961. The normalized spacial score (nSPS) is 19.1. The molecule has 1 N–H and O–H groups in total. The van der Waals surface area contributed by atoms with Gasteiger partial charge in [-0.05, 0) is 70.7 Å². The van der Waals surface area contributed by atoms with Crippen molar-refractivity contribution in [1.82, 2.24) is 19.7 Å². The van der Waals surface area contributed by atoms with Crippen LogP contribution in [0.1, 0.15) is 80.8 Å². The summed E-state index contributed by atoms with van der Waals surface area (Å²) in [6, 6.07) is 6.97. The minimum absolute atomic E-state index is 0.00845. The predicted octanol–water partition coefficient (Wildman–Crippen LogP) is 4.37. The Hall–Kier alpha value is -2.90. The van der Waals surface area contributed by atoms with Crippen LogP contribution in [0.2, 0.25) is 0 Å². The number of nitrogens with one attached hydrogen (secondary N) is 1. The highest BCUT2D eigenvalue weighted by Crippen LogP contribution is 2.29. The number of carbonyl (C=O) groups excluding carboxylic acids is 2. The van der Waals surface area contributed by atoms with E-state index >= 15 is 0 Å². The third-order valence-corrected chi connectivity index (χ3v) is 5.99. The fourth-order valence-electron chi connectivity index (χ4n) is 4.48. The quantitative estimate of drug-likeness (QED) is 0.767. The van der Waals surface area contributed by atoms with E-state index in [1.807, 2.05) is 25.7 Å². The smallest absolute Gasteiger partial charge is 0.412 e. The largest absolute Gasteiger partial charge is 0.444 e. The van der Waals surface area contributed by atoms with Crippen LogP contribution in [-0.2, 0) is 17.7 Å². The highest BCUT2D eigenvalue weighted by molar-refractivity contribution is 5.95. The van der Waals surface area contributed by atoms with Crippen molar-refractivity contribution in [2.75, 3.05) is 18.4 Å². The number of ether oxygens (including phenoxy) is 1. The molecule has 1 atom stereocenters. The molecule has 2 aliphatic heterocycles. The maximum Gasteiger partial charge on any atom is 0.412 e. The fraction of sp³-hybridized carbons (Fsp3) is 0.583. The number of aromatic nitrogens is 3. The van der Waals surface area contributed by atoms with Crippen molar-refractivity contribution >= 4 is 17.7 Å². The fourth-order valence-corrected chi connectivity index (χ4v) is 4.48. The van der Waals surface area contributed by atoms with E-state index in [0.717, 1.165) is 50.4 Å². The molecule has 1 aromatic heterocycles. The van der Waals surface area contributed by atoms with Crippen molar-refractivity contribution < 1.29 is 14.3 Å². The first-order valence-corrected chi connectivity index (χ1v) is 11.6. The molecule has 3 heterocycles. The Balaban J connectivity index is 1.40. The number of carbonyl (C=O) groups is 2. The summed E-state index contributed by atoms with van der Waals surface area (Å²) in [6.07, 6.45) is 6.03. The summed E-state index contributed by atoms with van der Waals surface area (Å²) in [5.41, 5.74) is 0.645.